The van der Waals surface area contributed by atoms with E-state index in [-0.39, 0.29) is 23.2 Å². The second-order valence-electron chi connectivity index (χ2n) is 5.14. The molecule has 0 unspecified atom stereocenters. The predicted molar refractivity (Wildman–Crippen MR) is 91.0 cm³/mol. The molecule has 0 saturated carbocycles. The number of hydrogen-bond acceptors (Lipinski definition) is 4. The SMILES string of the molecule is Cc1cc(S(=O)(=O)N(C)C)cc(NC(=O)CCCN)c1C.Cl. The number of rotatable bonds is 6. The molecule has 1 rings (SSSR count). The Morgan fingerprint density at radius 3 is 2.36 bits per heavy atom. The van der Waals surface area contributed by atoms with Crippen LogP contribution in [0.5, 0.6) is 0 Å². The van der Waals surface area contributed by atoms with Crippen LogP contribution in [0.4, 0.5) is 5.69 Å². The van der Waals surface area contributed by atoms with Gasteiger partial charge < -0.3 is 11.1 Å². The van der Waals surface area contributed by atoms with Crippen LogP contribution in [0.3, 0.4) is 0 Å². The molecular weight excluding hydrogens is 326 g/mol. The Bertz CT molecular complexity index is 630. The van der Waals surface area contributed by atoms with Gasteiger partial charge in [0.15, 0.2) is 0 Å². The summed E-state index contributed by atoms with van der Waals surface area (Å²) in [5.41, 5.74) is 7.57. The van der Waals surface area contributed by atoms with Gasteiger partial charge in [0, 0.05) is 26.2 Å². The first-order valence-corrected chi connectivity index (χ1v) is 8.18. The summed E-state index contributed by atoms with van der Waals surface area (Å²) < 4.78 is 25.6. The lowest BCUT2D eigenvalue weighted by molar-refractivity contribution is -0.116. The third-order valence-electron chi connectivity index (χ3n) is 3.30. The number of carbonyl (C=O) groups excluding carboxylic acids is 1. The lowest BCUT2D eigenvalue weighted by Crippen LogP contribution is -2.23. The maximum absolute atomic E-state index is 12.2. The van der Waals surface area contributed by atoms with E-state index >= 15 is 0 Å². The van der Waals surface area contributed by atoms with Crippen molar-refractivity contribution in [3.63, 3.8) is 0 Å². The molecule has 0 atom stereocenters. The van der Waals surface area contributed by atoms with Crippen LogP contribution < -0.4 is 11.1 Å². The first-order valence-electron chi connectivity index (χ1n) is 6.74. The van der Waals surface area contributed by atoms with Gasteiger partial charge in [-0.05, 0) is 50.1 Å². The van der Waals surface area contributed by atoms with Gasteiger partial charge in [0.25, 0.3) is 0 Å². The first kappa shape index (κ1) is 20.9. The van der Waals surface area contributed by atoms with Gasteiger partial charge >= 0.3 is 0 Å². The van der Waals surface area contributed by atoms with Gasteiger partial charge in [-0.3, -0.25) is 4.79 Å². The number of nitrogens with two attached hydrogens (primary N) is 1. The van der Waals surface area contributed by atoms with Crippen LogP contribution in [0, 0.1) is 13.8 Å². The summed E-state index contributed by atoms with van der Waals surface area (Å²) in [5.74, 6) is -0.164. The molecular formula is C14H24ClN3O3S. The fourth-order valence-electron chi connectivity index (χ4n) is 1.79. The number of benzene rings is 1. The van der Waals surface area contributed by atoms with Crippen molar-refractivity contribution in [2.24, 2.45) is 5.73 Å². The molecule has 0 saturated heterocycles. The largest absolute Gasteiger partial charge is 0.330 e. The number of anilines is 1. The summed E-state index contributed by atoms with van der Waals surface area (Å²) in [5, 5.41) is 2.76. The van der Waals surface area contributed by atoms with E-state index in [1.165, 1.54) is 20.2 Å². The molecule has 6 nitrogen and oxygen atoms in total. The predicted octanol–water partition coefficient (Wildman–Crippen LogP) is 1.65. The van der Waals surface area contributed by atoms with Crippen molar-refractivity contribution in [2.75, 3.05) is 26.0 Å². The zero-order valence-electron chi connectivity index (χ0n) is 13.3. The van der Waals surface area contributed by atoms with Gasteiger partial charge in [-0.15, -0.1) is 12.4 Å². The fraction of sp³-hybridized carbons (Fsp3) is 0.500. The molecule has 1 amide bonds. The van der Waals surface area contributed by atoms with Crippen molar-refractivity contribution >= 4 is 34.0 Å². The van der Waals surface area contributed by atoms with Crippen LogP contribution in [0.1, 0.15) is 24.0 Å². The summed E-state index contributed by atoms with van der Waals surface area (Å²) in [4.78, 5) is 12.0. The lowest BCUT2D eigenvalue weighted by Gasteiger charge is -2.16. The number of sulfonamides is 1. The van der Waals surface area contributed by atoms with E-state index in [9.17, 15) is 13.2 Å². The maximum atomic E-state index is 12.2. The van der Waals surface area contributed by atoms with Crippen LogP contribution in [0.15, 0.2) is 17.0 Å². The molecule has 0 radical (unpaired) electrons. The van der Waals surface area contributed by atoms with Gasteiger partial charge in [0.2, 0.25) is 15.9 Å². The molecule has 0 fully saturated rings. The average molecular weight is 350 g/mol. The molecule has 3 N–H and O–H groups in total. The number of hydrogen-bond donors (Lipinski definition) is 2. The Hall–Kier alpha value is -1.15. The van der Waals surface area contributed by atoms with Crippen molar-refractivity contribution in [1.29, 1.82) is 0 Å². The van der Waals surface area contributed by atoms with E-state index in [2.05, 4.69) is 5.32 Å². The molecule has 8 heteroatoms. The van der Waals surface area contributed by atoms with E-state index in [1.807, 2.05) is 13.8 Å². The number of nitrogens with zero attached hydrogens (tertiary/aromatic N) is 1. The summed E-state index contributed by atoms with van der Waals surface area (Å²) in [6.07, 6.45) is 0.916. The van der Waals surface area contributed by atoms with E-state index in [0.29, 0.717) is 25.1 Å². The van der Waals surface area contributed by atoms with Crippen molar-refractivity contribution in [3.8, 4) is 0 Å². The van der Waals surface area contributed by atoms with E-state index in [0.717, 1.165) is 15.4 Å². The van der Waals surface area contributed by atoms with Gasteiger partial charge in [-0.25, -0.2) is 12.7 Å². The van der Waals surface area contributed by atoms with Crippen LogP contribution >= 0.6 is 12.4 Å². The monoisotopic (exact) mass is 349 g/mol. The second-order valence-corrected chi connectivity index (χ2v) is 7.29. The Morgan fingerprint density at radius 1 is 1.27 bits per heavy atom. The normalized spacial score (nSPS) is 11.2. The molecule has 22 heavy (non-hydrogen) atoms. The van der Waals surface area contributed by atoms with Crippen LogP contribution in [-0.2, 0) is 14.8 Å². The minimum atomic E-state index is -3.53. The van der Waals surface area contributed by atoms with E-state index < -0.39 is 10.0 Å². The Morgan fingerprint density at radius 2 is 1.86 bits per heavy atom. The highest BCUT2D eigenvalue weighted by Crippen LogP contribution is 2.25. The van der Waals surface area contributed by atoms with Crippen molar-refractivity contribution < 1.29 is 13.2 Å². The smallest absolute Gasteiger partial charge is 0.242 e. The quantitative estimate of drug-likeness (QED) is 0.816. The van der Waals surface area contributed by atoms with Crippen LogP contribution in [0.2, 0.25) is 0 Å². The fourth-order valence-corrected chi connectivity index (χ4v) is 2.81. The minimum absolute atomic E-state index is 0. The van der Waals surface area contributed by atoms with Crippen LogP contribution in [0.25, 0.3) is 0 Å². The third-order valence-corrected chi connectivity index (χ3v) is 5.09. The molecule has 0 aliphatic heterocycles. The van der Waals surface area contributed by atoms with E-state index in [4.69, 9.17) is 5.73 Å². The van der Waals surface area contributed by atoms with Crippen molar-refractivity contribution in [2.45, 2.75) is 31.6 Å². The molecule has 0 spiro atoms. The van der Waals surface area contributed by atoms with Gasteiger partial charge in [-0.2, -0.15) is 0 Å². The average Bonchev–Trinajstić information content (AvgIpc) is 2.40. The maximum Gasteiger partial charge on any atom is 0.242 e. The van der Waals surface area contributed by atoms with Gasteiger partial charge in [-0.1, -0.05) is 0 Å². The standard InChI is InChI=1S/C14H23N3O3S.ClH/c1-10-8-12(21(19,20)17(3)4)9-13(11(10)2)16-14(18)6-5-7-15;/h8-9H,5-7,15H2,1-4H3,(H,16,18);1H. The van der Waals surface area contributed by atoms with Crippen molar-refractivity contribution in [3.05, 3.63) is 23.3 Å². The summed E-state index contributed by atoms with van der Waals surface area (Å²) >= 11 is 0. The van der Waals surface area contributed by atoms with Gasteiger partial charge in [0.1, 0.15) is 0 Å². The highest BCUT2D eigenvalue weighted by molar-refractivity contribution is 7.89. The number of carbonyl (C=O) groups is 1. The van der Waals surface area contributed by atoms with Crippen LogP contribution in [-0.4, -0.2) is 39.3 Å². The molecule has 0 aliphatic rings. The topological polar surface area (TPSA) is 92.5 Å². The zero-order chi connectivity index (χ0) is 16.2. The minimum Gasteiger partial charge on any atom is -0.330 e. The molecule has 0 heterocycles. The van der Waals surface area contributed by atoms with Gasteiger partial charge in [0.05, 0.1) is 4.90 Å². The third kappa shape index (κ3) is 4.95. The number of amides is 1. The molecule has 0 aliphatic carbocycles. The molecule has 0 bridgehead atoms. The zero-order valence-corrected chi connectivity index (χ0v) is 15.0. The summed E-state index contributed by atoms with van der Waals surface area (Å²) in [7, 11) is -0.577. The summed E-state index contributed by atoms with van der Waals surface area (Å²) in [6.45, 7) is 4.11. The highest BCUT2D eigenvalue weighted by Gasteiger charge is 2.20. The number of aryl methyl sites for hydroxylation is 1. The molecule has 1 aromatic carbocycles. The Balaban J connectivity index is 0.00000441. The molecule has 0 aromatic heterocycles. The Labute approximate surface area is 138 Å². The van der Waals surface area contributed by atoms with Crippen molar-refractivity contribution in [1.82, 2.24) is 4.31 Å². The number of nitrogens with one attached hydrogen (secondary N) is 1. The molecule has 126 valence electrons. The molecule has 1 aromatic rings. The number of halogens is 1. The Kier molecular flexibility index (Phi) is 8.03. The lowest BCUT2D eigenvalue weighted by atomic mass is 10.1. The van der Waals surface area contributed by atoms with E-state index in [1.54, 1.807) is 6.07 Å². The summed E-state index contributed by atoms with van der Waals surface area (Å²) in [6, 6.07) is 3.11. The second kappa shape index (κ2) is 8.47. The first-order chi connectivity index (χ1) is 9.70. The highest BCUT2D eigenvalue weighted by atomic mass is 35.5.